The maximum absolute atomic E-state index is 12.0. The number of carbonyl (C=O) groups excluding carboxylic acids is 1. The first-order valence-electron chi connectivity index (χ1n) is 9.39. The lowest BCUT2D eigenvalue weighted by Gasteiger charge is -2.30. The second-order valence-corrected chi connectivity index (χ2v) is 6.68. The first-order chi connectivity index (χ1) is 13.3. The number of ether oxygens (including phenoxy) is 1. The third-order valence-electron chi connectivity index (χ3n) is 4.74. The average Bonchev–Trinajstić information content (AvgIpc) is 3.20. The number of hydrogen-bond acceptors (Lipinski definition) is 5. The molecule has 1 aliphatic rings. The van der Waals surface area contributed by atoms with E-state index in [1.807, 2.05) is 10.7 Å². The lowest BCUT2D eigenvalue weighted by atomic mass is 10.1. The van der Waals surface area contributed by atoms with Crippen LogP contribution in [-0.2, 0) is 4.74 Å². The Hall–Kier alpha value is -2.51. The van der Waals surface area contributed by atoms with Gasteiger partial charge in [-0.1, -0.05) is 47.7 Å². The molecule has 3 rings (SSSR count). The Morgan fingerprint density at radius 2 is 2.07 bits per heavy atom. The van der Waals surface area contributed by atoms with Gasteiger partial charge in [0.1, 0.15) is 0 Å². The van der Waals surface area contributed by atoms with E-state index in [0.29, 0.717) is 24.9 Å². The zero-order valence-electron chi connectivity index (χ0n) is 15.8. The lowest BCUT2D eigenvalue weighted by molar-refractivity contribution is 0.0932. The van der Waals surface area contributed by atoms with Crippen molar-refractivity contribution in [1.29, 1.82) is 0 Å². The minimum Gasteiger partial charge on any atom is -0.383 e. The summed E-state index contributed by atoms with van der Waals surface area (Å²) in [5.74, 6) is -0.207. The normalized spacial score (nSPS) is 16.0. The number of piperidine rings is 1. The Morgan fingerprint density at radius 3 is 2.81 bits per heavy atom. The van der Waals surface area contributed by atoms with Crippen LogP contribution in [-0.4, -0.2) is 65.7 Å². The van der Waals surface area contributed by atoms with Crippen molar-refractivity contribution in [3.05, 3.63) is 53.9 Å². The number of aromatic nitrogens is 3. The van der Waals surface area contributed by atoms with Crippen molar-refractivity contribution in [2.24, 2.45) is 0 Å². The van der Waals surface area contributed by atoms with Crippen LogP contribution in [0.3, 0.4) is 0 Å². The molecule has 2 aromatic rings. The first kappa shape index (κ1) is 19.3. The quantitative estimate of drug-likeness (QED) is 0.721. The molecule has 0 spiro atoms. The molecule has 0 saturated carbocycles. The molecule has 1 N–H and O–H groups in total. The van der Waals surface area contributed by atoms with E-state index in [4.69, 9.17) is 4.74 Å². The number of nitrogens with one attached hydrogen (secondary N) is 1. The van der Waals surface area contributed by atoms with Gasteiger partial charge in [-0.3, -0.25) is 9.69 Å². The predicted molar refractivity (Wildman–Crippen MR) is 104 cm³/mol. The molecule has 27 heavy (non-hydrogen) atoms. The minimum absolute atomic E-state index is 0.207. The zero-order valence-corrected chi connectivity index (χ0v) is 15.8. The van der Waals surface area contributed by atoms with Crippen LogP contribution in [0.1, 0.15) is 34.9 Å². The van der Waals surface area contributed by atoms with E-state index in [2.05, 4.69) is 56.9 Å². The van der Waals surface area contributed by atoms with Gasteiger partial charge in [0.25, 0.3) is 5.91 Å². The summed E-state index contributed by atoms with van der Waals surface area (Å²) in [5, 5.41) is 10.9. The highest BCUT2D eigenvalue weighted by Gasteiger charge is 2.22. The minimum atomic E-state index is -0.207. The van der Waals surface area contributed by atoms with Gasteiger partial charge in [0, 0.05) is 33.3 Å². The Bertz CT molecular complexity index is 736. The average molecular weight is 369 g/mol. The molecule has 0 aliphatic carbocycles. The number of carbonyl (C=O) groups is 1. The molecule has 0 radical (unpaired) electrons. The highest BCUT2D eigenvalue weighted by Crippen LogP contribution is 2.21. The van der Waals surface area contributed by atoms with Crippen molar-refractivity contribution >= 4 is 12.0 Å². The number of nitrogens with zero attached hydrogens (tertiary/aromatic N) is 4. The van der Waals surface area contributed by atoms with Crippen LogP contribution in [0, 0.1) is 0 Å². The SMILES string of the molecule is COCCNC(=O)c1cn(C2CCN(CC=Cc3ccccc3)CC2)nn1. The van der Waals surface area contributed by atoms with E-state index in [1.54, 1.807) is 13.3 Å². The molecule has 144 valence electrons. The third kappa shape index (κ3) is 5.74. The molecule has 1 saturated heterocycles. The van der Waals surface area contributed by atoms with Gasteiger partial charge in [-0.05, 0) is 18.4 Å². The summed E-state index contributed by atoms with van der Waals surface area (Å²) in [4.78, 5) is 14.4. The van der Waals surface area contributed by atoms with Crippen molar-refractivity contribution in [3.8, 4) is 0 Å². The fourth-order valence-electron chi connectivity index (χ4n) is 3.18. The van der Waals surface area contributed by atoms with Crippen LogP contribution < -0.4 is 5.32 Å². The fourth-order valence-corrected chi connectivity index (χ4v) is 3.18. The summed E-state index contributed by atoms with van der Waals surface area (Å²) >= 11 is 0. The van der Waals surface area contributed by atoms with Crippen LogP contribution >= 0.6 is 0 Å². The van der Waals surface area contributed by atoms with E-state index < -0.39 is 0 Å². The van der Waals surface area contributed by atoms with Crippen LogP contribution in [0.2, 0.25) is 0 Å². The molecule has 1 aromatic heterocycles. The molecular formula is C20H27N5O2. The van der Waals surface area contributed by atoms with Gasteiger partial charge < -0.3 is 10.1 Å². The monoisotopic (exact) mass is 369 g/mol. The third-order valence-corrected chi connectivity index (χ3v) is 4.74. The number of amides is 1. The summed E-state index contributed by atoms with van der Waals surface area (Å²) in [6, 6.07) is 10.6. The van der Waals surface area contributed by atoms with E-state index in [-0.39, 0.29) is 5.91 Å². The van der Waals surface area contributed by atoms with Gasteiger partial charge in [-0.15, -0.1) is 5.10 Å². The summed E-state index contributed by atoms with van der Waals surface area (Å²) < 4.78 is 6.76. The van der Waals surface area contributed by atoms with Gasteiger partial charge in [-0.2, -0.15) is 0 Å². The molecule has 1 aliphatic heterocycles. The van der Waals surface area contributed by atoms with E-state index in [9.17, 15) is 4.79 Å². The largest absolute Gasteiger partial charge is 0.383 e. The first-order valence-corrected chi connectivity index (χ1v) is 9.39. The van der Waals surface area contributed by atoms with E-state index >= 15 is 0 Å². The van der Waals surface area contributed by atoms with Gasteiger partial charge in [0.15, 0.2) is 5.69 Å². The molecule has 0 atom stereocenters. The number of methoxy groups -OCH3 is 1. The molecule has 1 fully saturated rings. The summed E-state index contributed by atoms with van der Waals surface area (Å²) in [5.41, 5.74) is 1.59. The Balaban J connectivity index is 1.44. The topological polar surface area (TPSA) is 72.3 Å². The highest BCUT2D eigenvalue weighted by molar-refractivity contribution is 5.91. The predicted octanol–water partition coefficient (Wildman–Crippen LogP) is 2.00. The fraction of sp³-hybridized carbons (Fsp3) is 0.450. The molecule has 0 bridgehead atoms. The summed E-state index contributed by atoms with van der Waals surface area (Å²) in [6.07, 6.45) is 8.14. The molecule has 1 amide bonds. The standard InChI is InChI=1S/C20H27N5O2/c1-27-15-11-21-20(26)19-16-25(23-22-19)18-9-13-24(14-10-18)12-5-8-17-6-3-2-4-7-17/h2-8,16,18H,9-15H2,1H3,(H,21,26). The van der Waals surface area contributed by atoms with Gasteiger partial charge in [-0.25, -0.2) is 4.68 Å². The van der Waals surface area contributed by atoms with E-state index in [1.165, 1.54) is 5.56 Å². The van der Waals surface area contributed by atoms with Crippen molar-refractivity contribution in [2.75, 3.05) is 39.9 Å². The van der Waals surface area contributed by atoms with Crippen LogP contribution in [0.25, 0.3) is 6.08 Å². The summed E-state index contributed by atoms with van der Waals surface area (Å²) in [7, 11) is 1.60. The molecular weight excluding hydrogens is 342 g/mol. The lowest BCUT2D eigenvalue weighted by Crippen LogP contribution is -2.34. The molecule has 2 heterocycles. The van der Waals surface area contributed by atoms with Crippen molar-refractivity contribution < 1.29 is 9.53 Å². The van der Waals surface area contributed by atoms with Gasteiger partial charge in [0.2, 0.25) is 0 Å². The van der Waals surface area contributed by atoms with Crippen LogP contribution in [0.4, 0.5) is 0 Å². The smallest absolute Gasteiger partial charge is 0.273 e. The molecule has 7 nitrogen and oxygen atoms in total. The highest BCUT2D eigenvalue weighted by atomic mass is 16.5. The summed E-state index contributed by atoms with van der Waals surface area (Å²) in [6.45, 7) is 3.93. The number of hydrogen-bond donors (Lipinski definition) is 1. The Kier molecular flexibility index (Phi) is 7.12. The molecule has 0 unspecified atom stereocenters. The Morgan fingerprint density at radius 1 is 1.30 bits per heavy atom. The number of likely N-dealkylation sites (tertiary alicyclic amines) is 1. The van der Waals surface area contributed by atoms with E-state index in [0.717, 1.165) is 32.5 Å². The molecule has 1 aromatic carbocycles. The van der Waals surface area contributed by atoms with Crippen molar-refractivity contribution in [3.63, 3.8) is 0 Å². The van der Waals surface area contributed by atoms with Crippen molar-refractivity contribution in [2.45, 2.75) is 18.9 Å². The zero-order chi connectivity index (χ0) is 18.9. The molecule has 7 heteroatoms. The maximum atomic E-state index is 12.0. The van der Waals surface area contributed by atoms with Crippen LogP contribution in [0.15, 0.2) is 42.6 Å². The second-order valence-electron chi connectivity index (χ2n) is 6.68. The number of benzene rings is 1. The number of rotatable bonds is 8. The second kappa shape index (κ2) is 9.99. The van der Waals surface area contributed by atoms with Gasteiger partial charge >= 0.3 is 0 Å². The Labute approximate surface area is 160 Å². The van der Waals surface area contributed by atoms with Crippen molar-refractivity contribution in [1.82, 2.24) is 25.2 Å². The van der Waals surface area contributed by atoms with Crippen LogP contribution in [0.5, 0.6) is 0 Å². The maximum Gasteiger partial charge on any atom is 0.273 e. The van der Waals surface area contributed by atoms with Gasteiger partial charge in [0.05, 0.1) is 18.8 Å².